The van der Waals surface area contributed by atoms with E-state index in [0.29, 0.717) is 18.4 Å². The Morgan fingerprint density at radius 1 is 1.58 bits per heavy atom. The zero-order valence-electron chi connectivity index (χ0n) is 10.7. The molecule has 0 aromatic carbocycles. The molecule has 5 nitrogen and oxygen atoms in total. The fourth-order valence-corrected chi connectivity index (χ4v) is 1.85. The summed E-state index contributed by atoms with van der Waals surface area (Å²) in [4.78, 5) is 14.7. The van der Waals surface area contributed by atoms with Gasteiger partial charge < -0.3 is 0 Å². The fourth-order valence-electron chi connectivity index (χ4n) is 1.85. The normalized spacial score (nSPS) is 11.9. The van der Waals surface area contributed by atoms with E-state index in [1.165, 1.54) is 12.4 Å². The third-order valence-corrected chi connectivity index (χ3v) is 2.79. The predicted octanol–water partition coefficient (Wildman–Crippen LogP) is 0.931. The Bertz CT molecular complexity index is 645. The van der Waals surface area contributed by atoms with Crippen LogP contribution in [0.15, 0.2) is 41.2 Å². The molecule has 0 aliphatic carbocycles. The molecule has 0 spiro atoms. The maximum absolute atomic E-state index is 10.6. The average Bonchev–Trinajstić information content (AvgIpc) is 2.86. The molecule has 0 atom stereocenters. The van der Waals surface area contributed by atoms with Gasteiger partial charge in [-0.15, -0.1) is 0 Å². The molecule has 19 heavy (non-hydrogen) atoms. The molecule has 0 saturated heterocycles. The van der Waals surface area contributed by atoms with Crippen molar-refractivity contribution in [3.05, 3.63) is 41.6 Å². The number of carbonyl (C=O) groups excluding carboxylic acids is 1. The average molecular weight is 254 g/mol. The Balaban J connectivity index is 2.20. The Morgan fingerprint density at radius 3 is 3.11 bits per heavy atom. The SMILES string of the molecule is CNc1cccc2bc(CN=C/C(C=O)=C\N)cn12. The zero-order chi connectivity index (χ0) is 13.7. The van der Waals surface area contributed by atoms with E-state index in [2.05, 4.69) is 21.6 Å². The molecule has 0 aliphatic rings. The first kappa shape index (κ1) is 13.1. The molecule has 0 bridgehead atoms. The van der Waals surface area contributed by atoms with Crippen molar-refractivity contribution in [2.45, 2.75) is 6.54 Å². The number of hydrogen-bond donors (Lipinski definition) is 2. The van der Waals surface area contributed by atoms with Crippen LogP contribution in [0.25, 0.3) is 5.41 Å². The van der Waals surface area contributed by atoms with Gasteiger partial charge in [-0.25, -0.2) is 0 Å². The first-order valence-electron chi connectivity index (χ1n) is 5.93. The molecule has 2 rings (SSSR count). The molecule has 2 aromatic rings. The van der Waals surface area contributed by atoms with Gasteiger partial charge in [0.2, 0.25) is 0 Å². The van der Waals surface area contributed by atoms with Gasteiger partial charge in [0, 0.05) is 0 Å². The number of allylic oxidation sites excluding steroid dienone is 1. The third kappa shape index (κ3) is 2.90. The van der Waals surface area contributed by atoms with Crippen LogP contribution in [0.5, 0.6) is 0 Å². The topological polar surface area (TPSA) is 71.9 Å². The first-order chi connectivity index (χ1) is 9.28. The quantitative estimate of drug-likeness (QED) is 0.473. The zero-order valence-corrected chi connectivity index (χ0v) is 10.7. The standard InChI is InChI=1S/C13H15BN4O/c1-16-13-4-2-3-12-14-11(8-18(12)13)7-17-6-10(5-15)9-19/h2-6,8-9,16H,7,15H2,1H3/b10-5+,17-6?. The van der Waals surface area contributed by atoms with Gasteiger partial charge in [-0.1, -0.05) is 0 Å². The number of aldehydes is 1. The van der Waals surface area contributed by atoms with Crippen LogP contribution in [0, 0.1) is 0 Å². The minimum atomic E-state index is 0.375. The Morgan fingerprint density at radius 2 is 2.42 bits per heavy atom. The number of aromatic nitrogens is 1. The Labute approximate surface area is 112 Å². The number of pyridine rings is 1. The summed E-state index contributed by atoms with van der Waals surface area (Å²) in [5.74, 6) is 1.02. The predicted molar refractivity (Wildman–Crippen MR) is 78.8 cm³/mol. The van der Waals surface area contributed by atoms with Crippen molar-refractivity contribution in [1.82, 2.24) is 4.40 Å². The van der Waals surface area contributed by atoms with Crippen molar-refractivity contribution < 1.29 is 4.79 Å². The van der Waals surface area contributed by atoms with Gasteiger partial charge in [0.05, 0.1) is 0 Å². The molecule has 2 aromatic heterocycles. The van der Waals surface area contributed by atoms with E-state index >= 15 is 0 Å². The minimum absolute atomic E-state index is 0.375. The van der Waals surface area contributed by atoms with Crippen LogP contribution < -0.4 is 11.1 Å². The van der Waals surface area contributed by atoms with Gasteiger partial charge in [0.1, 0.15) is 0 Å². The van der Waals surface area contributed by atoms with Gasteiger partial charge in [-0.2, -0.15) is 0 Å². The van der Waals surface area contributed by atoms with E-state index in [9.17, 15) is 4.79 Å². The van der Waals surface area contributed by atoms with Crippen LogP contribution in [0.2, 0.25) is 0 Å². The summed E-state index contributed by atoms with van der Waals surface area (Å²) < 4.78 is 2.06. The number of carbonyl (C=O) groups is 1. The molecule has 0 unspecified atom stereocenters. The fraction of sp³-hybridized carbons (Fsp3) is 0.154. The van der Waals surface area contributed by atoms with Crippen LogP contribution in [-0.4, -0.2) is 30.9 Å². The van der Waals surface area contributed by atoms with Crippen LogP contribution in [0.3, 0.4) is 0 Å². The number of rotatable bonds is 5. The first-order valence-corrected chi connectivity index (χ1v) is 5.93. The molecule has 2 heterocycles. The summed E-state index contributed by atoms with van der Waals surface area (Å²) in [6, 6.07) is 6.03. The molecule has 0 fully saturated rings. The molecular weight excluding hydrogens is 239 g/mol. The second-order valence-electron chi connectivity index (χ2n) is 4.06. The Hall–Kier alpha value is -2.37. The summed E-state index contributed by atoms with van der Waals surface area (Å²) in [5, 5.41) is 3.13. The summed E-state index contributed by atoms with van der Waals surface area (Å²) >= 11 is 0. The summed E-state index contributed by atoms with van der Waals surface area (Å²) in [5.41, 5.74) is 7.81. The molecular formula is C13H15BN4O. The number of nitrogens with zero attached hydrogens (tertiary/aromatic N) is 2. The van der Waals surface area contributed by atoms with Crippen molar-refractivity contribution in [3.63, 3.8) is 0 Å². The van der Waals surface area contributed by atoms with Crippen molar-refractivity contribution in [2.75, 3.05) is 12.4 Å². The molecule has 0 amide bonds. The number of nitrogens with two attached hydrogens (primary N) is 1. The summed E-state index contributed by atoms with van der Waals surface area (Å²) in [6.07, 6.45) is 5.42. The van der Waals surface area contributed by atoms with Crippen molar-refractivity contribution in [2.24, 2.45) is 10.7 Å². The summed E-state index contributed by atoms with van der Waals surface area (Å²) in [6.45, 7) is 2.57. The van der Waals surface area contributed by atoms with Crippen molar-refractivity contribution >= 4 is 30.6 Å². The van der Waals surface area contributed by atoms with E-state index in [-0.39, 0.29) is 0 Å². The summed E-state index contributed by atoms with van der Waals surface area (Å²) in [7, 11) is 1.88. The van der Waals surface area contributed by atoms with Crippen LogP contribution in [0.4, 0.5) is 5.82 Å². The molecule has 0 aliphatic heterocycles. The van der Waals surface area contributed by atoms with Crippen molar-refractivity contribution in [1.29, 1.82) is 0 Å². The molecule has 0 saturated carbocycles. The van der Waals surface area contributed by atoms with Crippen LogP contribution in [-0.2, 0) is 11.3 Å². The van der Waals surface area contributed by atoms with Crippen LogP contribution >= 0.6 is 0 Å². The molecule has 6 heteroatoms. The third-order valence-electron chi connectivity index (χ3n) is 2.79. The number of hydrogen-bond acceptors (Lipinski definition) is 4. The monoisotopic (exact) mass is 254 g/mol. The second kappa shape index (κ2) is 5.99. The molecule has 3 N–H and O–H groups in total. The number of anilines is 1. The van der Waals surface area contributed by atoms with Gasteiger partial charge in [-0.05, 0) is 0 Å². The van der Waals surface area contributed by atoms with E-state index in [1.807, 2.05) is 31.4 Å². The van der Waals surface area contributed by atoms with Gasteiger partial charge in [-0.3, -0.25) is 0 Å². The second-order valence-corrected chi connectivity index (χ2v) is 4.06. The van der Waals surface area contributed by atoms with Gasteiger partial charge >= 0.3 is 111 Å². The number of fused-ring (bicyclic) bond motifs is 1. The Kier molecular flexibility index (Phi) is 4.13. The van der Waals surface area contributed by atoms with Gasteiger partial charge in [0.25, 0.3) is 0 Å². The van der Waals surface area contributed by atoms with Crippen LogP contribution in [0.1, 0.15) is 5.46 Å². The van der Waals surface area contributed by atoms with E-state index in [4.69, 9.17) is 5.73 Å². The van der Waals surface area contributed by atoms with Gasteiger partial charge in [0.15, 0.2) is 0 Å². The molecule has 96 valence electrons. The molecule has 0 radical (unpaired) electrons. The van der Waals surface area contributed by atoms with E-state index in [0.717, 1.165) is 16.7 Å². The maximum atomic E-state index is 10.6. The number of nitrogens with one attached hydrogen (secondary N) is 1. The number of aliphatic imine (C=N–C) groups is 1. The van der Waals surface area contributed by atoms with Crippen molar-refractivity contribution in [3.8, 4) is 0 Å². The van der Waals surface area contributed by atoms with E-state index < -0.39 is 0 Å². The van der Waals surface area contributed by atoms with E-state index in [1.54, 1.807) is 0 Å².